The van der Waals surface area contributed by atoms with Gasteiger partial charge < -0.3 is 13.2 Å². The molecule has 60 heavy (non-hydrogen) atoms. The Hall–Kier alpha value is -6.96. The quantitative estimate of drug-likeness (QED) is 0.159. The molecule has 0 saturated carbocycles. The summed E-state index contributed by atoms with van der Waals surface area (Å²) < 4.78 is 20.1. The Balaban J connectivity index is 1.12. The Morgan fingerprint density at radius 1 is 0.350 bits per heavy atom. The second kappa shape index (κ2) is 11.4. The van der Waals surface area contributed by atoms with E-state index in [-0.39, 0.29) is 0 Å². The van der Waals surface area contributed by atoms with Gasteiger partial charge in [-0.25, -0.2) is 0 Å². The van der Waals surface area contributed by atoms with Crippen molar-refractivity contribution in [1.29, 1.82) is 0 Å². The number of rotatable bonds is 2. The van der Waals surface area contributed by atoms with Crippen LogP contribution in [0.2, 0.25) is 0 Å². The average molecular weight is 817 g/mol. The van der Waals surface area contributed by atoms with Crippen LogP contribution in [0.5, 0.6) is 0 Å². The third-order valence-corrected chi connectivity index (χ3v) is 16.5. The highest BCUT2D eigenvalue weighted by atomic mass is 32.1. The molecule has 15 aromatic rings. The summed E-state index contributed by atoms with van der Waals surface area (Å²) in [4.78, 5) is 0. The van der Waals surface area contributed by atoms with Crippen molar-refractivity contribution in [3.8, 4) is 22.3 Å². The predicted molar refractivity (Wildman–Crippen MR) is 260 cm³/mol. The molecule has 0 bridgehead atoms. The molecule has 0 atom stereocenters. The van der Waals surface area contributed by atoms with Crippen molar-refractivity contribution in [2.24, 2.45) is 0 Å². The van der Waals surface area contributed by atoms with Crippen molar-refractivity contribution in [1.82, 2.24) is 8.80 Å². The molecule has 0 aliphatic rings. The van der Waals surface area contributed by atoms with Crippen molar-refractivity contribution in [3.63, 3.8) is 0 Å². The second-order valence-corrected chi connectivity index (χ2v) is 19.1. The van der Waals surface area contributed by atoms with Gasteiger partial charge in [-0.2, -0.15) is 0 Å². The van der Waals surface area contributed by atoms with Gasteiger partial charge in [0.2, 0.25) is 0 Å². The first-order valence-electron chi connectivity index (χ1n) is 20.2. The van der Waals surface area contributed by atoms with Crippen molar-refractivity contribution >= 4 is 150 Å². The molecule has 6 heterocycles. The van der Waals surface area contributed by atoms with Gasteiger partial charge in [0.25, 0.3) is 0 Å². The number of para-hydroxylation sites is 3. The molecule has 6 heteroatoms. The average Bonchev–Trinajstić information content (AvgIpc) is 4.06. The van der Waals surface area contributed by atoms with E-state index in [1.165, 1.54) is 110 Å². The van der Waals surface area contributed by atoms with E-state index >= 15 is 0 Å². The van der Waals surface area contributed by atoms with Crippen LogP contribution in [0.15, 0.2) is 174 Å². The highest BCUT2D eigenvalue weighted by Crippen LogP contribution is 2.51. The monoisotopic (exact) mass is 816 g/mol. The SMILES string of the molecule is c1ccc2c(c1)oc1c3c4cc(-c5cccc6c5sc5ccccc56)ccc4n4c5ccccc5sc(c5c6cc(-c7cccc8c7sc7ccccc78)ccc6n2c15)c34. The van der Waals surface area contributed by atoms with Gasteiger partial charge >= 0.3 is 0 Å². The number of aromatic nitrogens is 2. The number of nitrogens with zero attached hydrogens (tertiary/aromatic N) is 2. The zero-order valence-corrected chi connectivity index (χ0v) is 34.1. The summed E-state index contributed by atoms with van der Waals surface area (Å²) in [7, 11) is 0. The van der Waals surface area contributed by atoms with Crippen LogP contribution < -0.4 is 0 Å². The number of benzene rings is 9. The summed E-state index contributed by atoms with van der Waals surface area (Å²) in [6, 6.07) is 62.8. The standard InChI is InChI=1S/C54H28N2OS3/c1-6-20-44-33(11-1)35-15-9-13-31(52(35)58-44)29-23-25-39-37(27-29)47-50-54(60-46-22-8-4-18-42(46)56(39)50)48-38-28-30(32-14-10-16-36-34-12-2-7-21-45(34)59-53(32)36)24-26-40(38)55-41-17-3-5-19-43(41)57-51(47)49(48)55/h1-28H. The molecule has 0 unspecified atom stereocenters. The largest absolute Gasteiger partial charge is 0.452 e. The molecular formula is C54H28N2OS3. The predicted octanol–water partition coefficient (Wildman–Crippen LogP) is 16.8. The molecule has 9 aromatic carbocycles. The van der Waals surface area contributed by atoms with Gasteiger partial charge in [-0.3, -0.25) is 0 Å². The van der Waals surface area contributed by atoms with Crippen LogP contribution in [0.3, 0.4) is 0 Å². The first-order valence-corrected chi connectivity index (χ1v) is 22.7. The molecule has 0 aliphatic carbocycles. The van der Waals surface area contributed by atoms with Crippen molar-refractivity contribution in [3.05, 3.63) is 170 Å². The lowest BCUT2D eigenvalue weighted by Gasteiger charge is -2.11. The molecule has 0 saturated heterocycles. The number of thiophene rings is 2. The minimum Gasteiger partial charge on any atom is -0.452 e. The van der Waals surface area contributed by atoms with Gasteiger partial charge in [0, 0.05) is 56.5 Å². The van der Waals surface area contributed by atoms with Gasteiger partial charge in [0.05, 0.1) is 47.9 Å². The second-order valence-electron chi connectivity index (χ2n) is 15.9. The summed E-state index contributed by atoms with van der Waals surface area (Å²) >= 11 is 5.67. The van der Waals surface area contributed by atoms with Crippen molar-refractivity contribution in [2.75, 3.05) is 0 Å². The molecular weight excluding hydrogens is 789 g/mol. The van der Waals surface area contributed by atoms with E-state index in [1.807, 2.05) is 34.0 Å². The molecule has 0 spiro atoms. The lowest BCUT2D eigenvalue weighted by atomic mass is 9.99. The zero-order valence-electron chi connectivity index (χ0n) is 31.7. The van der Waals surface area contributed by atoms with Gasteiger partial charge in [-0.1, -0.05) is 109 Å². The fourth-order valence-electron chi connectivity index (χ4n) is 10.4. The van der Waals surface area contributed by atoms with Crippen LogP contribution in [-0.4, -0.2) is 8.80 Å². The fraction of sp³-hybridized carbons (Fsp3) is 0. The van der Waals surface area contributed by atoms with E-state index in [0.717, 1.165) is 27.6 Å². The molecule has 6 aromatic heterocycles. The Morgan fingerprint density at radius 2 is 0.867 bits per heavy atom. The molecule has 0 N–H and O–H groups in total. The zero-order chi connectivity index (χ0) is 38.8. The van der Waals surface area contributed by atoms with E-state index in [1.54, 1.807) is 0 Å². The number of fused-ring (bicyclic) bond motifs is 18. The van der Waals surface area contributed by atoms with E-state index in [9.17, 15) is 0 Å². The Kier molecular flexibility index (Phi) is 6.07. The van der Waals surface area contributed by atoms with E-state index in [4.69, 9.17) is 4.42 Å². The minimum absolute atomic E-state index is 0.870. The fourth-order valence-corrected chi connectivity index (χ4v) is 14.1. The summed E-state index contributed by atoms with van der Waals surface area (Å²) in [5.41, 5.74) is 13.8. The summed E-state index contributed by atoms with van der Waals surface area (Å²) in [6.45, 7) is 0. The first-order chi connectivity index (χ1) is 29.8. The van der Waals surface area contributed by atoms with Crippen molar-refractivity contribution in [2.45, 2.75) is 0 Å². The van der Waals surface area contributed by atoms with Gasteiger partial charge in [-0.05, 0) is 82.9 Å². The van der Waals surface area contributed by atoms with E-state index in [0.29, 0.717) is 0 Å². The highest BCUT2D eigenvalue weighted by molar-refractivity contribution is 7.27. The van der Waals surface area contributed by atoms with E-state index in [2.05, 4.69) is 179 Å². The Labute approximate surface area is 352 Å². The van der Waals surface area contributed by atoms with Crippen LogP contribution >= 0.6 is 34.0 Å². The van der Waals surface area contributed by atoms with Crippen LogP contribution in [0.4, 0.5) is 0 Å². The maximum absolute atomic E-state index is 7.25. The van der Waals surface area contributed by atoms with Crippen LogP contribution in [-0.2, 0) is 0 Å². The van der Waals surface area contributed by atoms with Crippen LogP contribution in [0.1, 0.15) is 0 Å². The first kappa shape index (κ1) is 32.0. The van der Waals surface area contributed by atoms with Gasteiger partial charge in [0.1, 0.15) is 0 Å². The number of hydrogen-bond donors (Lipinski definition) is 0. The molecule has 15 rings (SSSR count). The maximum Gasteiger partial charge on any atom is 0.162 e. The number of hydrogen-bond acceptors (Lipinski definition) is 4. The summed E-state index contributed by atoms with van der Waals surface area (Å²) in [6.07, 6.45) is 0. The molecule has 0 fully saturated rings. The lowest BCUT2D eigenvalue weighted by Crippen LogP contribution is -1.92. The molecule has 3 nitrogen and oxygen atoms in total. The van der Waals surface area contributed by atoms with Gasteiger partial charge in [0.15, 0.2) is 11.2 Å². The Bertz CT molecular complexity index is 4090. The minimum atomic E-state index is 0.870. The van der Waals surface area contributed by atoms with Crippen molar-refractivity contribution < 1.29 is 4.42 Å². The molecule has 0 amide bonds. The maximum atomic E-state index is 7.25. The van der Waals surface area contributed by atoms with Gasteiger partial charge in [-0.15, -0.1) is 34.0 Å². The van der Waals surface area contributed by atoms with E-state index < -0.39 is 0 Å². The summed E-state index contributed by atoms with van der Waals surface area (Å²) in [5, 5.41) is 10.1. The molecule has 278 valence electrons. The Morgan fingerprint density at radius 3 is 1.53 bits per heavy atom. The normalized spacial score (nSPS) is 12.7. The smallest absolute Gasteiger partial charge is 0.162 e. The molecule has 0 aliphatic heterocycles. The van der Waals surface area contributed by atoms with Crippen LogP contribution in [0, 0.1) is 0 Å². The molecule has 0 radical (unpaired) electrons. The summed E-state index contributed by atoms with van der Waals surface area (Å²) in [5.74, 6) is 0. The highest BCUT2D eigenvalue weighted by Gasteiger charge is 2.27. The topological polar surface area (TPSA) is 22.0 Å². The third kappa shape index (κ3) is 3.99. The third-order valence-electron chi connectivity index (χ3n) is 12.9. The van der Waals surface area contributed by atoms with Crippen LogP contribution in [0.25, 0.3) is 138 Å². The lowest BCUT2D eigenvalue weighted by molar-refractivity contribution is 0.660.